The first-order valence-electron chi connectivity index (χ1n) is 11.0. The molecule has 2 aliphatic rings. The van der Waals surface area contributed by atoms with Crippen LogP contribution < -0.4 is 10.2 Å². The van der Waals surface area contributed by atoms with Crippen LogP contribution >= 0.6 is 11.6 Å². The van der Waals surface area contributed by atoms with Crippen molar-refractivity contribution in [1.82, 2.24) is 5.32 Å². The quantitative estimate of drug-likeness (QED) is 0.568. The van der Waals surface area contributed by atoms with Gasteiger partial charge in [0.25, 0.3) is 5.91 Å². The van der Waals surface area contributed by atoms with E-state index in [-0.39, 0.29) is 23.8 Å². The first-order valence-corrected chi connectivity index (χ1v) is 11.3. The van der Waals surface area contributed by atoms with Gasteiger partial charge in [-0.25, -0.2) is 0 Å². The number of amides is 2. The van der Waals surface area contributed by atoms with Crippen molar-refractivity contribution in [2.24, 2.45) is 0 Å². The van der Waals surface area contributed by atoms with Gasteiger partial charge in [0.15, 0.2) is 0 Å². The molecule has 0 aromatic heterocycles. The highest BCUT2D eigenvalue weighted by Crippen LogP contribution is 2.66. The third-order valence-electron chi connectivity index (χ3n) is 6.49. The zero-order valence-electron chi connectivity index (χ0n) is 18.1. The van der Waals surface area contributed by atoms with Gasteiger partial charge in [0.1, 0.15) is 0 Å². The number of carbonyl (C=O) groups is 2. The fourth-order valence-corrected chi connectivity index (χ4v) is 5.07. The summed E-state index contributed by atoms with van der Waals surface area (Å²) >= 11 is 6.07. The van der Waals surface area contributed by atoms with E-state index in [1.54, 1.807) is 6.07 Å². The van der Waals surface area contributed by atoms with Crippen LogP contribution in [0.25, 0.3) is 0 Å². The van der Waals surface area contributed by atoms with Crippen LogP contribution in [0.15, 0.2) is 72.8 Å². The van der Waals surface area contributed by atoms with Gasteiger partial charge in [-0.3, -0.25) is 9.59 Å². The molecular formula is C27H25ClN2O2. The van der Waals surface area contributed by atoms with E-state index in [9.17, 15) is 9.59 Å². The third-order valence-corrected chi connectivity index (χ3v) is 6.74. The Balaban J connectivity index is 1.45. The lowest BCUT2D eigenvalue weighted by Gasteiger charge is -2.19. The average Bonchev–Trinajstić information content (AvgIpc) is 3.49. The van der Waals surface area contributed by atoms with E-state index < -0.39 is 5.41 Å². The van der Waals surface area contributed by atoms with Gasteiger partial charge in [-0.1, -0.05) is 54.1 Å². The van der Waals surface area contributed by atoms with Crippen molar-refractivity contribution in [1.29, 1.82) is 0 Å². The molecule has 3 aromatic rings. The Kier molecular flexibility index (Phi) is 5.06. The molecule has 0 saturated heterocycles. The molecule has 4 nitrogen and oxygen atoms in total. The fraction of sp³-hybridized carbons (Fsp3) is 0.259. The number of benzene rings is 3. The Hall–Kier alpha value is -3.11. The summed E-state index contributed by atoms with van der Waals surface area (Å²) in [6, 6.07) is 23.5. The van der Waals surface area contributed by atoms with Crippen LogP contribution in [0, 0.1) is 0 Å². The zero-order valence-corrected chi connectivity index (χ0v) is 18.9. The van der Waals surface area contributed by atoms with Crippen LogP contribution in [0.4, 0.5) is 5.69 Å². The lowest BCUT2D eigenvalue weighted by molar-refractivity contribution is -0.120. The number of rotatable bonds is 5. The van der Waals surface area contributed by atoms with Crippen LogP contribution in [0.3, 0.4) is 0 Å². The maximum absolute atomic E-state index is 13.8. The zero-order chi connectivity index (χ0) is 22.5. The standard InChI is InChI=1S/C27H25ClN2O2/c1-17(2)29-25(31)20-7-5-6-18(14-20)16-30-24-9-4-3-8-22(24)27(26(30)32)15-23(27)19-10-12-21(28)13-11-19/h3-14,17,23H,15-16H2,1-2H3,(H,29,31)/t23-,27-/m0/s1. The van der Waals surface area contributed by atoms with Gasteiger partial charge in [0, 0.05) is 28.2 Å². The highest BCUT2D eigenvalue weighted by Gasteiger charge is 2.67. The second-order valence-electron chi connectivity index (χ2n) is 9.02. The molecule has 1 fully saturated rings. The lowest BCUT2D eigenvalue weighted by atomic mass is 9.92. The molecule has 1 aliphatic carbocycles. The van der Waals surface area contributed by atoms with E-state index in [2.05, 4.69) is 11.4 Å². The van der Waals surface area contributed by atoms with E-state index in [4.69, 9.17) is 11.6 Å². The van der Waals surface area contributed by atoms with Crippen LogP contribution in [0.1, 0.15) is 53.2 Å². The van der Waals surface area contributed by atoms with Gasteiger partial charge >= 0.3 is 0 Å². The molecule has 0 bridgehead atoms. The summed E-state index contributed by atoms with van der Waals surface area (Å²) < 4.78 is 0. The molecule has 0 unspecified atom stereocenters. The molecular weight excluding hydrogens is 420 g/mol. The predicted molar refractivity (Wildman–Crippen MR) is 127 cm³/mol. The Bertz CT molecular complexity index is 1200. The van der Waals surface area contributed by atoms with Crippen molar-refractivity contribution in [3.8, 4) is 0 Å². The maximum Gasteiger partial charge on any atom is 0.251 e. The SMILES string of the molecule is CC(C)NC(=O)c1cccc(CN2C(=O)[C@@]3(C[C@H]3c3ccc(Cl)cc3)c3ccccc32)c1. The molecule has 1 aliphatic heterocycles. The Morgan fingerprint density at radius 2 is 1.84 bits per heavy atom. The van der Waals surface area contributed by atoms with E-state index in [0.29, 0.717) is 17.1 Å². The number of nitrogens with one attached hydrogen (secondary N) is 1. The minimum absolute atomic E-state index is 0.0673. The highest BCUT2D eigenvalue weighted by molar-refractivity contribution is 6.30. The molecule has 1 saturated carbocycles. The van der Waals surface area contributed by atoms with Crippen molar-refractivity contribution in [2.45, 2.75) is 44.2 Å². The number of hydrogen-bond donors (Lipinski definition) is 1. The molecule has 1 spiro atoms. The molecule has 1 heterocycles. The Morgan fingerprint density at radius 3 is 2.59 bits per heavy atom. The van der Waals surface area contributed by atoms with Gasteiger partial charge in [-0.05, 0) is 67.3 Å². The Labute approximate surface area is 193 Å². The topological polar surface area (TPSA) is 49.4 Å². The van der Waals surface area contributed by atoms with E-state index in [1.807, 2.05) is 79.4 Å². The van der Waals surface area contributed by atoms with Crippen LogP contribution in [0.2, 0.25) is 5.02 Å². The molecule has 1 N–H and O–H groups in total. The average molecular weight is 445 g/mol. The normalized spacial score (nSPS) is 21.2. The number of halogens is 1. The van der Waals surface area contributed by atoms with Gasteiger partial charge < -0.3 is 10.2 Å². The summed E-state index contributed by atoms with van der Waals surface area (Å²) in [4.78, 5) is 28.1. The lowest BCUT2D eigenvalue weighted by Crippen LogP contribution is -2.33. The van der Waals surface area contributed by atoms with Crippen LogP contribution in [-0.2, 0) is 16.8 Å². The fourth-order valence-electron chi connectivity index (χ4n) is 4.94. The first-order chi connectivity index (χ1) is 15.4. The van der Waals surface area contributed by atoms with Gasteiger partial charge in [0.2, 0.25) is 5.91 Å². The molecule has 0 radical (unpaired) electrons. The van der Waals surface area contributed by atoms with Crippen molar-refractivity contribution in [3.63, 3.8) is 0 Å². The van der Waals surface area contributed by atoms with Crippen molar-refractivity contribution in [3.05, 3.63) is 100 Å². The number of fused-ring (bicyclic) bond motifs is 2. The smallest absolute Gasteiger partial charge is 0.251 e. The summed E-state index contributed by atoms with van der Waals surface area (Å²) in [5, 5.41) is 3.63. The second-order valence-corrected chi connectivity index (χ2v) is 9.45. The number of nitrogens with zero attached hydrogens (tertiary/aromatic N) is 1. The number of para-hydroxylation sites is 1. The summed E-state index contributed by atoms with van der Waals surface area (Å²) in [5.41, 5.74) is 4.25. The minimum atomic E-state index is -0.503. The molecule has 32 heavy (non-hydrogen) atoms. The van der Waals surface area contributed by atoms with Crippen molar-refractivity contribution >= 4 is 29.1 Å². The molecule has 5 rings (SSSR count). The first kappa shape index (κ1) is 20.8. The van der Waals surface area contributed by atoms with Crippen molar-refractivity contribution < 1.29 is 9.59 Å². The van der Waals surface area contributed by atoms with Gasteiger partial charge in [-0.2, -0.15) is 0 Å². The molecule has 5 heteroatoms. The second kappa shape index (κ2) is 7.79. The monoisotopic (exact) mass is 444 g/mol. The molecule has 162 valence electrons. The number of carbonyl (C=O) groups excluding carboxylic acids is 2. The van der Waals surface area contributed by atoms with Gasteiger partial charge in [0.05, 0.1) is 12.0 Å². The molecule has 3 aromatic carbocycles. The van der Waals surface area contributed by atoms with Crippen LogP contribution in [-0.4, -0.2) is 17.9 Å². The van der Waals surface area contributed by atoms with Crippen LogP contribution in [0.5, 0.6) is 0 Å². The summed E-state index contributed by atoms with van der Waals surface area (Å²) in [6.07, 6.45) is 0.803. The Morgan fingerprint density at radius 1 is 1.09 bits per heavy atom. The summed E-state index contributed by atoms with van der Waals surface area (Å²) in [7, 11) is 0. The van der Waals surface area contributed by atoms with E-state index in [1.165, 1.54) is 0 Å². The minimum Gasteiger partial charge on any atom is -0.350 e. The highest BCUT2D eigenvalue weighted by atomic mass is 35.5. The number of anilines is 1. The predicted octanol–water partition coefficient (Wildman–Crippen LogP) is 5.45. The molecule has 2 amide bonds. The van der Waals surface area contributed by atoms with E-state index >= 15 is 0 Å². The number of hydrogen-bond acceptors (Lipinski definition) is 2. The maximum atomic E-state index is 13.8. The van der Waals surface area contributed by atoms with Gasteiger partial charge in [-0.15, -0.1) is 0 Å². The summed E-state index contributed by atoms with van der Waals surface area (Å²) in [6.45, 7) is 4.31. The third kappa shape index (κ3) is 3.39. The summed E-state index contributed by atoms with van der Waals surface area (Å²) in [5.74, 6) is 0.189. The molecule has 2 atom stereocenters. The largest absolute Gasteiger partial charge is 0.350 e. The van der Waals surface area contributed by atoms with Crippen molar-refractivity contribution in [2.75, 3.05) is 4.90 Å². The van der Waals surface area contributed by atoms with E-state index in [0.717, 1.165) is 28.8 Å².